The molecule has 140 valence electrons. The van der Waals surface area contributed by atoms with Gasteiger partial charge in [-0.05, 0) is 51.8 Å². The van der Waals surface area contributed by atoms with Gasteiger partial charge in [-0.2, -0.15) is 13.2 Å². The van der Waals surface area contributed by atoms with E-state index in [9.17, 15) is 18.0 Å². The molecule has 0 bridgehead atoms. The SMILES string of the molecule is CNC(c1ccccc1C(F)(F)F)C1CCN(C(=O)OC(C)(C)C)C1. The molecule has 0 spiro atoms. The number of amides is 1. The van der Waals surface area contributed by atoms with Crippen molar-refractivity contribution >= 4 is 6.09 Å². The third kappa shape index (κ3) is 4.87. The molecule has 7 heteroatoms. The van der Waals surface area contributed by atoms with Crippen LogP contribution in [0.1, 0.15) is 44.4 Å². The first-order chi connectivity index (χ1) is 11.5. The summed E-state index contributed by atoms with van der Waals surface area (Å²) in [6, 6.07) is 5.11. The fourth-order valence-corrected chi connectivity index (χ4v) is 3.22. The van der Waals surface area contributed by atoms with Crippen LogP contribution in [0, 0.1) is 5.92 Å². The van der Waals surface area contributed by atoms with Gasteiger partial charge < -0.3 is 15.0 Å². The summed E-state index contributed by atoms with van der Waals surface area (Å²) >= 11 is 0. The molecule has 2 rings (SSSR count). The lowest BCUT2D eigenvalue weighted by Crippen LogP contribution is -2.36. The Morgan fingerprint density at radius 2 is 1.92 bits per heavy atom. The highest BCUT2D eigenvalue weighted by Gasteiger charge is 2.39. The summed E-state index contributed by atoms with van der Waals surface area (Å²) < 4.78 is 45.3. The summed E-state index contributed by atoms with van der Waals surface area (Å²) in [4.78, 5) is 13.7. The fraction of sp³-hybridized carbons (Fsp3) is 0.611. The number of alkyl halides is 3. The van der Waals surface area contributed by atoms with E-state index in [0.29, 0.717) is 19.5 Å². The van der Waals surface area contributed by atoms with Gasteiger partial charge in [0.2, 0.25) is 0 Å². The summed E-state index contributed by atoms with van der Waals surface area (Å²) in [7, 11) is 1.65. The van der Waals surface area contributed by atoms with Gasteiger partial charge in [-0.3, -0.25) is 0 Å². The summed E-state index contributed by atoms with van der Waals surface area (Å²) in [6.45, 7) is 6.20. The molecule has 2 atom stereocenters. The smallest absolute Gasteiger partial charge is 0.416 e. The van der Waals surface area contributed by atoms with Gasteiger partial charge >= 0.3 is 12.3 Å². The van der Waals surface area contributed by atoms with E-state index in [1.807, 2.05) is 0 Å². The maximum absolute atomic E-state index is 13.3. The number of likely N-dealkylation sites (tertiary alicyclic amines) is 1. The first kappa shape index (κ1) is 19.6. The summed E-state index contributed by atoms with van der Waals surface area (Å²) in [6.07, 6.45) is -4.21. The van der Waals surface area contributed by atoms with E-state index in [1.165, 1.54) is 12.1 Å². The van der Waals surface area contributed by atoms with Crippen LogP contribution in [0.25, 0.3) is 0 Å². The molecule has 1 aliphatic heterocycles. The van der Waals surface area contributed by atoms with E-state index < -0.39 is 29.5 Å². The molecule has 0 saturated carbocycles. The Hall–Kier alpha value is -1.76. The quantitative estimate of drug-likeness (QED) is 0.879. The van der Waals surface area contributed by atoms with E-state index in [-0.39, 0.29) is 11.5 Å². The number of carbonyl (C=O) groups excluding carboxylic acids is 1. The van der Waals surface area contributed by atoms with Gasteiger partial charge in [-0.25, -0.2) is 4.79 Å². The molecule has 1 aromatic carbocycles. The Labute approximate surface area is 146 Å². The maximum Gasteiger partial charge on any atom is 0.416 e. The van der Waals surface area contributed by atoms with Gasteiger partial charge in [0.05, 0.1) is 5.56 Å². The molecular weight excluding hydrogens is 333 g/mol. The minimum Gasteiger partial charge on any atom is -0.444 e. The average Bonchev–Trinajstić information content (AvgIpc) is 2.95. The third-order valence-electron chi connectivity index (χ3n) is 4.26. The number of halogens is 3. The number of ether oxygens (including phenoxy) is 1. The van der Waals surface area contributed by atoms with Crippen LogP contribution < -0.4 is 5.32 Å². The molecule has 0 radical (unpaired) electrons. The molecule has 1 fully saturated rings. The van der Waals surface area contributed by atoms with Gasteiger partial charge in [-0.1, -0.05) is 18.2 Å². The van der Waals surface area contributed by atoms with Crippen LogP contribution in [0.15, 0.2) is 24.3 Å². The Balaban J connectivity index is 2.17. The number of nitrogens with one attached hydrogen (secondary N) is 1. The van der Waals surface area contributed by atoms with Gasteiger partial charge in [0.15, 0.2) is 0 Å². The van der Waals surface area contributed by atoms with E-state index in [1.54, 1.807) is 38.8 Å². The number of rotatable bonds is 3. The van der Waals surface area contributed by atoms with Crippen molar-refractivity contribution in [3.05, 3.63) is 35.4 Å². The highest BCUT2D eigenvalue weighted by Crippen LogP contribution is 2.38. The monoisotopic (exact) mass is 358 g/mol. The lowest BCUT2D eigenvalue weighted by Gasteiger charge is -2.27. The normalized spacial score (nSPS) is 19.8. The molecule has 1 heterocycles. The molecule has 1 saturated heterocycles. The van der Waals surface area contributed by atoms with Crippen molar-refractivity contribution in [3.63, 3.8) is 0 Å². The molecule has 1 aromatic rings. The highest BCUT2D eigenvalue weighted by atomic mass is 19.4. The Bertz CT molecular complexity index is 611. The predicted molar refractivity (Wildman–Crippen MR) is 89.2 cm³/mol. The molecule has 2 unspecified atom stereocenters. The van der Waals surface area contributed by atoms with Gasteiger partial charge in [0.25, 0.3) is 0 Å². The molecule has 0 aliphatic carbocycles. The first-order valence-corrected chi connectivity index (χ1v) is 8.34. The number of hydrogen-bond acceptors (Lipinski definition) is 3. The molecule has 25 heavy (non-hydrogen) atoms. The summed E-state index contributed by atoms with van der Waals surface area (Å²) in [5, 5.41) is 3.00. The van der Waals surface area contributed by atoms with Crippen molar-refractivity contribution in [2.45, 2.75) is 45.0 Å². The van der Waals surface area contributed by atoms with Gasteiger partial charge in [0.1, 0.15) is 5.60 Å². The van der Waals surface area contributed by atoms with Crippen molar-refractivity contribution in [2.75, 3.05) is 20.1 Å². The standard InChI is InChI=1S/C18H25F3N2O2/c1-17(2,3)25-16(24)23-10-9-12(11-23)15(22-4)13-7-5-6-8-14(13)18(19,20)21/h5-8,12,15,22H,9-11H2,1-4H3. The van der Waals surface area contributed by atoms with Crippen molar-refractivity contribution in [2.24, 2.45) is 5.92 Å². The lowest BCUT2D eigenvalue weighted by molar-refractivity contribution is -0.138. The van der Waals surface area contributed by atoms with Crippen LogP contribution in [-0.2, 0) is 10.9 Å². The van der Waals surface area contributed by atoms with E-state index in [4.69, 9.17) is 4.74 Å². The number of nitrogens with zero attached hydrogens (tertiary/aromatic N) is 1. The molecule has 1 N–H and O–H groups in total. The van der Waals surface area contributed by atoms with E-state index >= 15 is 0 Å². The van der Waals surface area contributed by atoms with Crippen LogP contribution in [-0.4, -0.2) is 36.7 Å². The van der Waals surface area contributed by atoms with Crippen molar-refractivity contribution < 1.29 is 22.7 Å². The first-order valence-electron chi connectivity index (χ1n) is 8.34. The highest BCUT2D eigenvalue weighted by molar-refractivity contribution is 5.68. The molecule has 1 aliphatic rings. The average molecular weight is 358 g/mol. The van der Waals surface area contributed by atoms with E-state index in [0.717, 1.165) is 6.07 Å². The predicted octanol–water partition coefficient (Wildman–Crippen LogP) is 4.22. The topological polar surface area (TPSA) is 41.6 Å². The zero-order chi connectivity index (χ0) is 18.8. The number of hydrogen-bond donors (Lipinski definition) is 1. The van der Waals surface area contributed by atoms with Crippen LogP contribution in [0.3, 0.4) is 0 Å². The second kappa shape index (κ2) is 7.23. The molecular formula is C18H25F3N2O2. The molecule has 4 nitrogen and oxygen atoms in total. The van der Waals surface area contributed by atoms with Crippen LogP contribution in [0.4, 0.5) is 18.0 Å². The Kier molecular flexibility index (Phi) is 5.66. The van der Waals surface area contributed by atoms with Crippen LogP contribution in [0.5, 0.6) is 0 Å². The second-order valence-corrected chi connectivity index (χ2v) is 7.33. The Morgan fingerprint density at radius 3 is 2.48 bits per heavy atom. The zero-order valence-electron chi connectivity index (χ0n) is 15.0. The maximum atomic E-state index is 13.3. The van der Waals surface area contributed by atoms with Gasteiger partial charge in [-0.15, -0.1) is 0 Å². The zero-order valence-corrected chi connectivity index (χ0v) is 15.0. The van der Waals surface area contributed by atoms with E-state index in [2.05, 4.69) is 5.32 Å². The summed E-state index contributed by atoms with van der Waals surface area (Å²) in [5.41, 5.74) is -1.01. The second-order valence-electron chi connectivity index (χ2n) is 7.33. The number of carbonyl (C=O) groups is 1. The lowest BCUT2D eigenvalue weighted by atomic mass is 9.89. The minimum absolute atomic E-state index is 0.110. The summed E-state index contributed by atoms with van der Waals surface area (Å²) in [5.74, 6) is -0.110. The van der Waals surface area contributed by atoms with Crippen LogP contribution in [0.2, 0.25) is 0 Å². The van der Waals surface area contributed by atoms with Crippen LogP contribution >= 0.6 is 0 Å². The molecule has 1 amide bonds. The third-order valence-corrected chi connectivity index (χ3v) is 4.26. The molecule has 0 aromatic heterocycles. The fourth-order valence-electron chi connectivity index (χ4n) is 3.22. The number of benzene rings is 1. The van der Waals surface area contributed by atoms with Gasteiger partial charge in [0, 0.05) is 19.1 Å². The Morgan fingerprint density at radius 1 is 1.28 bits per heavy atom. The van der Waals surface area contributed by atoms with Crippen molar-refractivity contribution in [1.82, 2.24) is 10.2 Å². The largest absolute Gasteiger partial charge is 0.444 e. The minimum atomic E-state index is -4.41. The van der Waals surface area contributed by atoms with Crippen molar-refractivity contribution in [1.29, 1.82) is 0 Å². The van der Waals surface area contributed by atoms with Crippen molar-refractivity contribution in [3.8, 4) is 0 Å².